The Morgan fingerprint density at radius 3 is 2.71 bits per heavy atom. The summed E-state index contributed by atoms with van der Waals surface area (Å²) in [6.45, 7) is 0.559. The van der Waals surface area contributed by atoms with Gasteiger partial charge in [-0.05, 0) is 36.4 Å². The molecule has 3 rings (SSSR count). The first-order valence-corrected chi connectivity index (χ1v) is 8.53. The molecule has 1 amide bonds. The summed E-state index contributed by atoms with van der Waals surface area (Å²) in [7, 11) is 0. The number of carbonyl (C=O) groups is 1. The third-order valence-electron chi connectivity index (χ3n) is 3.65. The summed E-state index contributed by atoms with van der Waals surface area (Å²) in [5.74, 6) is 1.29. The van der Waals surface area contributed by atoms with Crippen LogP contribution in [0.3, 0.4) is 0 Å². The Bertz CT molecular complexity index is 749. The Morgan fingerprint density at radius 1 is 1.21 bits per heavy atom. The maximum atomic E-state index is 12.5. The van der Waals surface area contributed by atoms with E-state index in [1.54, 1.807) is 16.7 Å². The molecule has 0 radical (unpaired) electrons. The maximum absolute atomic E-state index is 12.5. The van der Waals surface area contributed by atoms with Gasteiger partial charge in [-0.15, -0.1) is 11.8 Å². The molecule has 0 aliphatic carbocycles. The molecule has 0 saturated carbocycles. The Labute approximate surface area is 143 Å². The smallest absolute Gasteiger partial charge is 0.269 e. The van der Waals surface area contributed by atoms with Crippen LogP contribution in [0.4, 0.5) is 11.4 Å². The molecule has 0 unspecified atom stereocenters. The predicted molar refractivity (Wildman–Crippen MR) is 92.7 cm³/mol. The van der Waals surface area contributed by atoms with Crippen LogP contribution in [0.2, 0.25) is 0 Å². The third kappa shape index (κ3) is 3.68. The number of nitrogens with zero attached hydrogens (tertiary/aromatic N) is 2. The molecule has 24 heavy (non-hydrogen) atoms. The number of hydrogen-bond acceptors (Lipinski definition) is 5. The van der Waals surface area contributed by atoms with Gasteiger partial charge in [0.25, 0.3) is 11.6 Å². The van der Waals surface area contributed by atoms with Crippen LogP contribution >= 0.6 is 11.8 Å². The number of benzene rings is 2. The van der Waals surface area contributed by atoms with E-state index in [2.05, 4.69) is 0 Å². The second kappa shape index (κ2) is 7.35. The van der Waals surface area contributed by atoms with Crippen molar-refractivity contribution in [2.45, 2.75) is 11.3 Å². The van der Waals surface area contributed by atoms with Crippen molar-refractivity contribution in [1.82, 2.24) is 0 Å². The van der Waals surface area contributed by atoms with Gasteiger partial charge in [0.1, 0.15) is 5.75 Å². The summed E-state index contributed by atoms with van der Waals surface area (Å²) in [4.78, 5) is 25.6. The molecule has 0 aromatic heterocycles. The number of rotatable bonds is 4. The third-order valence-corrected chi connectivity index (χ3v) is 4.80. The zero-order chi connectivity index (χ0) is 16.9. The summed E-state index contributed by atoms with van der Waals surface area (Å²) in [6, 6.07) is 13.6. The molecule has 0 atom stereocenters. The molecule has 1 heterocycles. The molecule has 2 aromatic carbocycles. The van der Waals surface area contributed by atoms with E-state index in [4.69, 9.17) is 4.74 Å². The number of thioether (sulfide) groups is 1. The van der Waals surface area contributed by atoms with Crippen LogP contribution < -0.4 is 9.64 Å². The van der Waals surface area contributed by atoms with Gasteiger partial charge in [0.2, 0.25) is 0 Å². The quantitative estimate of drug-likeness (QED) is 0.627. The van der Waals surface area contributed by atoms with Crippen molar-refractivity contribution < 1.29 is 14.5 Å². The van der Waals surface area contributed by atoms with Crippen LogP contribution in [-0.4, -0.2) is 29.7 Å². The number of non-ortho nitro benzene ring substituents is 1. The van der Waals surface area contributed by atoms with Crippen LogP contribution in [0.15, 0.2) is 53.4 Å². The number of nitro benzene ring substituents is 1. The number of ether oxygens (including phenoxy) is 1. The van der Waals surface area contributed by atoms with Gasteiger partial charge in [-0.3, -0.25) is 14.9 Å². The minimum Gasteiger partial charge on any atom is -0.484 e. The fourth-order valence-electron chi connectivity index (χ4n) is 2.47. The molecule has 1 aliphatic rings. The highest BCUT2D eigenvalue weighted by Crippen LogP contribution is 2.33. The van der Waals surface area contributed by atoms with Crippen LogP contribution in [0, 0.1) is 10.1 Å². The lowest BCUT2D eigenvalue weighted by atomic mass is 10.2. The molecule has 7 heteroatoms. The molecule has 0 N–H and O–H groups in total. The summed E-state index contributed by atoms with van der Waals surface area (Å²) in [5, 5.41) is 10.6. The summed E-state index contributed by atoms with van der Waals surface area (Å²) in [5.41, 5.74) is 0.907. The predicted octanol–water partition coefficient (Wildman–Crippen LogP) is 3.50. The van der Waals surface area contributed by atoms with E-state index in [9.17, 15) is 14.9 Å². The average molecular weight is 344 g/mol. The Morgan fingerprint density at radius 2 is 1.96 bits per heavy atom. The number of carbonyl (C=O) groups excluding carboxylic acids is 1. The average Bonchev–Trinajstić information content (AvgIpc) is 2.82. The van der Waals surface area contributed by atoms with Crippen LogP contribution in [0.25, 0.3) is 0 Å². The lowest BCUT2D eigenvalue weighted by Gasteiger charge is -2.22. The first-order valence-electron chi connectivity index (χ1n) is 7.54. The Hall–Kier alpha value is -2.54. The van der Waals surface area contributed by atoms with E-state index in [-0.39, 0.29) is 18.2 Å². The number of para-hydroxylation sites is 1. The normalized spacial score (nSPS) is 13.8. The fourth-order valence-corrected chi connectivity index (χ4v) is 3.47. The first kappa shape index (κ1) is 16.3. The van der Waals surface area contributed by atoms with Gasteiger partial charge < -0.3 is 9.64 Å². The summed E-state index contributed by atoms with van der Waals surface area (Å²) in [6.07, 6.45) is 0.919. The largest absolute Gasteiger partial charge is 0.484 e. The Kier molecular flexibility index (Phi) is 5.00. The van der Waals surface area contributed by atoms with Crippen molar-refractivity contribution >= 4 is 29.0 Å². The molecule has 6 nitrogen and oxygen atoms in total. The molecular weight excluding hydrogens is 328 g/mol. The molecule has 1 aliphatic heterocycles. The number of amides is 1. The highest BCUT2D eigenvalue weighted by molar-refractivity contribution is 7.99. The molecule has 2 aromatic rings. The van der Waals surface area contributed by atoms with Gasteiger partial charge in [-0.2, -0.15) is 0 Å². The second-order valence-electron chi connectivity index (χ2n) is 5.25. The van der Waals surface area contributed by atoms with Crippen molar-refractivity contribution in [3.05, 3.63) is 58.6 Å². The van der Waals surface area contributed by atoms with Crippen LogP contribution in [0.5, 0.6) is 5.75 Å². The van der Waals surface area contributed by atoms with Crippen molar-refractivity contribution in [2.24, 2.45) is 0 Å². The van der Waals surface area contributed by atoms with Crippen LogP contribution in [-0.2, 0) is 4.79 Å². The first-order chi connectivity index (χ1) is 11.6. The highest BCUT2D eigenvalue weighted by Gasteiger charge is 2.21. The van der Waals surface area contributed by atoms with Crippen molar-refractivity contribution in [2.75, 3.05) is 23.8 Å². The van der Waals surface area contributed by atoms with E-state index >= 15 is 0 Å². The van der Waals surface area contributed by atoms with Gasteiger partial charge in [0, 0.05) is 23.6 Å². The molecule has 124 valence electrons. The molecule has 0 spiro atoms. The van der Waals surface area contributed by atoms with Gasteiger partial charge in [-0.25, -0.2) is 0 Å². The minimum absolute atomic E-state index is 0.00727. The van der Waals surface area contributed by atoms with Gasteiger partial charge >= 0.3 is 0 Å². The van der Waals surface area contributed by atoms with E-state index in [0.717, 1.165) is 22.8 Å². The van der Waals surface area contributed by atoms with E-state index in [0.29, 0.717) is 12.3 Å². The topological polar surface area (TPSA) is 72.7 Å². The van der Waals surface area contributed by atoms with E-state index < -0.39 is 4.92 Å². The van der Waals surface area contributed by atoms with Crippen molar-refractivity contribution in [1.29, 1.82) is 0 Å². The van der Waals surface area contributed by atoms with Crippen LogP contribution in [0.1, 0.15) is 6.42 Å². The fraction of sp³-hybridized carbons (Fsp3) is 0.235. The van der Waals surface area contributed by atoms with E-state index in [1.165, 1.54) is 24.3 Å². The number of nitro groups is 1. The lowest BCUT2D eigenvalue weighted by Crippen LogP contribution is -2.35. The number of anilines is 1. The summed E-state index contributed by atoms with van der Waals surface area (Å²) >= 11 is 1.75. The standard InChI is InChI=1S/C17H16N2O4S/c20-17(12-23-14-8-6-13(7-9-14)19(21)22)18-10-3-11-24-16-5-2-1-4-15(16)18/h1-2,4-9H,3,10-12H2. The van der Waals surface area contributed by atoms with Gasteiger partial charge in [0.05, 0.1) is 10.6 Å². The zero-order valence-corrected chi connectivity index (χ0v) is 13.7. The second-order valence-corrected chi connectivity index (χ2v) is 6.39. The maximum Gasteiger partial charge on any atom is 0.269 e. The Balaban J connectivity index is 1.67. The molecule has 0 saturated heterocycles. The van der Waals surface area contributed by atoms with E-state index in [1.807, 2.05) is 24.3 Å². The monoisotopic (exact) mass is 344 g/mol. The van der Waals surface area contributed by atoms with Crippen molar-refractivity contribution in [3.63, 3.8) is 0 Å². The molecule has 0 fully saturated rings. The SMILES string of the molecule is O=C(COc1ccc([N+](=O)[O-])cc1)N1CCCSc2ccccc21. The number of fused-ring (bicyclic) bond motifs is 1. The highest BCUT2D eigenvalue weighted by atomic mass is 32.2. The van der Waals surface area contributed by atoms with Gasteiger partial charge in [0.15, 0.2) is 6.61 Å². The van der Waals surface area contributed by atoms with Crippen molar-refractivity contribution in [3.8, 4) is 5.75 Å². The molecular formula is C17H16N2O4S. The minimum atomic E-state index is -0.471. The summed E-state index contributed by atoms with van der Waals surface area (Å²) < 4.78 is 5.49. The number of hydrogen-bond donors (Lipinski definition) is 0. The molecule has 0 bridgehead atoms. The lowest BCUT2D eigenvalue weighted by molar-refractivity contribution is -0.384. The van der Waals surface area contributed by atoms with Gasteiger partial charge in [-0.1, -0.05) is 12.1 Å². The zero-order valence-electron chi connectivity index (χ0n) is 12.9.